The molecule has 19 heavy (non-hydrogen) atoms. The van der Waals surface area contributed by atoms with Gasteiger partial charge in [0.2, 0.25) is 0 Å². The van der Waals surface area contributed by atoms with Crippen LogP contribution in [-0.4, -0.2) is 9.55 Å². The summed E-state index contributed by atoms with van der Waals surface area (Å²) in [6.45, 7) is 4.08. The van der Waals surface area contributed by atoms with Crippen LogP contribution in [0, 0.1) is 18.6 Å². The lowest BCUT2D eigenvalue weighted by Crippen LogP contribution is -1.97. The van der Waals surface area contributed by atoms with E-state index in [0.29, 0.717) is 4.77 Å². The predicted octanol–water partition coefficient (Wildman–Crippen LogP) is 4.96. The summed E-state index contributed by atoms with van der Waals surface area (Å²) in [7, 11) is 0. The normalized spacial score (nSPS) is 11.1. The van der Waals surface area contributed by atoms with Gasteiger partial charge in [-0.1, -0.05) is 29.8 Å². The first-order chi connectivity index (χ1) is 9.09. The maximum Gasteiger partial charge on any atom is 0.182 e. The lowest BCUT2D eigenvalue weighted by Gasteiger charge is -2.09. The number of hydrogen-bond acceptors (Lipinski definition) is 1. The second kappa shape index (κ2) is 4.51. The van der Waals surface area contributed by atoms with Gasteiger partial charge in [-0.2, -0.15) is 0 Å². The van der Waals surface area contributed by atoms with Crippen molar-refractivity contribution in [2.45, 2.75) is 13.8 Å². The molecule has 1 heterocycles. The molecular formula is C15H13ClN2S. The highest BCUT2D eigenvalue weighted by atomic mass is 35.5. The van der Waals surface area contributed by atoms with E-state index in [4.69, 9.17) is 23.8 Å². The first kappa shape index (κ1) is 12.5. The van der Waals surface area contributed by atoms with E-state index in [1.807, 2.05) is 35.8 Å². The smallest absolute Gasteiger partial charge is 0.182 e. The Bertz CT molecular complexity index is 830. The second-order valence-corrected chi connectivity index (χ2v) is 5.41. The quantitative estimate of drug-likeness (QED) is 0.628. The summed E-state index contributed by atoms with van der Waals surface area (Å²) in [6.07, 6.45) is 0. The summed E-state index contributed by atoms with van der Waals surface area (Å²) in [5.74, 6) is 0. The van der Waals surface area contributed by atoms with E-state index in [2.05, 4.69) is 24.0 Å². The molecule has 96 valence electrons. The van der Waals surface area contributed by atoms with E-state index in [-0.39, 0.29) is 0 Å². The van der Waals surface area contributed by atoms with E-state index in [1.165, 1.54) is 5.56 Å². The second-order valence-electron chi connectivity index (χ2n) is 4.62. The van der Waals surface area contributed by atoms with Crippen LogP contribution in [0.4, 0.5) is 0 Å². The predicted molar refractivity (Wildman–Crippen MR) is 82.9 cm³/mol. The fourth-order valence-corrected chi connectivity index (χ4v) is 2.82. The standard InChI is InChI=1S/C15H13ClN2S/c1-9-5-3-8-13-14(9)17-15(19)18(13)12-7-4-6-11(16)10(12)2/h3-8H,1-2H3,(H,17,19). The lowest BCUT2D eigenvalue weighted by atomic mass is 10.1. The van der Waals surface area contributed by atoms with E-state index >= 15 is 0 Å². The molecule has 3 aromatic rings. The summed E-state index contributed by atoms with van der Waals surface area (Å²) in [6, 6.07) is 12.0. The highest BCUT2D eigenvalue weighted by Crippen LogP contribution is 2.27. The average Bonchev–Trinajstić information content (AvgIpc) is 2.71. The summed E-state index contributed by atoms with van der Waals surface area (Å²) >= 11 is 11.7. The molecule has 1 aromatic heterocycles. The van der Waals surface area contributed by atoms with Crippen LogP contribution in [0.2, 0.25) is 5.02 Å². The molecule has 0 saturated carbocycles. The SMILES string of the molecule is Cc1c(Cl)cccc1-n1c(=S)[nH]c2c(C)cccc21. The molecule has 0 amide bonds. The summed E-state index contributed by atoms with van der Waals surface area (Å²) < 4.78 is 2.73. The first-order valence-electron chi connectivity index (χ1n) is 6.05. The number of benzene rings is 2. The molecule has 0 spiro atoms. The minimum absolute atomic E-state index is 0.690. The third kappa shape index (κ3) is 1.90. The zero-order valence-corrected chi connectivity index (χ0v) is 12.3. The Labute approximate surface area is 121 Å². The maximum absolute atomic E-state index is 6.21. The zero-order valence-electron chi connectivity index (χ0n) is 10.7. The van der Waals surface area contributed by atoms with E-state index in [9.17, 15) is 0 Å². The maximum atomic E-state index is 6.21. The van der Waals surface area contributed by atoms with Crippen molar-refractivity contribution < 1.29 is 0 Å². The number of aromatic nitrogens is 2. The number of aromatic amines is 1. The lowest BCUT2D eigenvalue weighted by molar-refractivity contribution is 1.05. The van der Waals surface area contributed by atoms with Gasteiger partial charge in [0.05, 0.1) is 16.7 Å². The fourth-order valence-electron chi connectivity index (χ4n) is 2.35. The van der Waals surface area contributed by atoms with Crippen LogP contribution >= 0.6 is 23.8 Å². The van der Waals surface area contributed by atoms with Crippen LogP contribution in [0.1, 0.15) is 11.1 Å². The fraction of sp³-hybridized carbons (Fsp3) is 0.133. The number of imidazole rings is 1. The Balaban J connectivity index is 2.44. The van der Waals surface area contributed by atoms with Gasteiger partial charge >= 0.3 is 0 Å². The Morgan fingerprint density at radius 1 is 1.11 bits per heavy atom. The Hall–Kier alpha value is -1.58. The third-order valence-electron chi connectivity index (χ3n) is 3.41. The number of H-pyrrole nitrogens is 1. The molecule has 2 aromatic carbocycles. The number of hydrogen-bond donors (Lipinski definition) is 1. The molecule has 0 radical (unpaired) electrons. The van der Waals surface area contributed by atoms with E-state index < -0.39 is 0 Å². The number of nitrogens with zero attached hydrogens (tertiary/aromatic N) is 1. The monoisotopic (exact) mass is 288 g/mol. The van der Waals surface area contributed by atoms with E-state index in [1.54, 1.807) is 0 Å². The third-order valence-corrected chi connectivity index (χ3v) is 4.10. The van der Waals surface area contributed by atoms with Gasteiger partial charge in [0, 0.05) is 5.02 Å². The van der Waals surface area contributed by atoms with Crippen molar-refractivity contribution in [1.82, 2.24) is 9.55 Å². The number of rotatable bonds is 1. The Morgan fingerprint density at radius 3 is 2.63 bits per heavy atom. The molecule has 2 nitrogen and oxygen atoms in total. The van der Waals surface area contributed by atoms with Crippen molar-refractivity contribution in [2.75, 3.05) is 0 Å². The minimum atomic E-state index is 0.690. The van der Waals surface area contributed by atoms with Crippen molar-refractivity contribution >= 4 is 34.9 Å². The molecule has 0 unspecified atom stereocenters. The van der Waals surface area contributed by atoms with Crippen molar-refractivity contribution in [1.29, 1.82) is 0 Å². The molecule has 0 atom stereocenters. The largest absolute Gasteiger partial charge is 0.330 e. The Morgan fingerprint density at radius 2 is 1.84 bits per heavy atom. The average molecular weight is 289 g/mol. The van der Waals surface area contributed by atoms with E-state index in [0.717, 1.165) is 27.3 Å². The van der Waals surface area contributed by atoms with Gasteiger partial charge in [-0.15, -0.1) is 0 Å². The molecule has 3 rings (SSSR count). The van der Waals surface area contributed by atoms with Crippen LogP contribution in [0.5, 0.6) is 0 Å². The van der Waals surface area contributed by atoms with Crippen LogP contribution in [0.25, 0.3) is 16.7 Å². The molecule has 0 aliphatic carbocycles. The highest BCUT2D eigenvalue weighted by Gasteiger charge is 2.11. The summed E-state index contributed by atoms with van der Waals surface area (Å²) in [4.78, 5) is 3.28. The van der Waals surface area contributed by atoms with Gasteiger partial charge in [0.25, 0.3) is 0 Å². The summed E-state index contributed by atoms with van der Waals surface area (Å²) in [5, 5.41) is 0.751. The summed E-state index contributed by atoms with van der Waals surface area (Å²) in [5.41, 5.74) is 5.39. The van der Waals surface area contributed by atoms with Crippen molar-refractivity contribution in [3.05, 3.63) is 57.3 Å². The van der Waals surface area contributed by atoms with Crippen molar-refractivity contribution in [3.8, 4) is 5.69 Å². The van der Waals surface area contributed by atoms with Crippen molar-refractivity contribution in [3.63, 3.8) is 0 Å². The van der Waals surface area contributed by atoms with Gasteiger partial charge in [-0.25, -0.2) is 0 Å². The van der Waals surface area contributed by atoms with Gasteiger partial charge in [-0.3, -0.25) is 4.57 Å². The van der Waals surface area contributed by atoms with Crippen LogP contribution in [0.15, 0.2) is 36.4 Å². The van der Waals surface area contributed by atoms with Gasteiger partial charge in [0.15, 0.2) is 4.77 Å². The van der Waals surface area contributed by atoms with Crippen LogP contribution in [-0.2, 0) is 0 Å². The number of nitrogens with one attached hydrogen (secondary N) is 1. The Kier molecular flexibility index (Phi) is 2.96. The van der Waals surface area contributed by atoms with Gasteiger partial charge in [-0.05, 0) is 55.4 Å². The molecule has 0 saturated heterocycles. The first-order valence-corrected chi connectivity index (χ1v) is 6.84. The highest BCUT2D eigenvalue weighted by molar-refractivity contribution is 7.71. The van der Waals surface area contributed by atoms with Crippen LogP contribution in [0.3, 0.4) is 0 Å². The molecule has 0 aliphatic rings. The van der Waals surface area contributed by atoms with Crippen LogP contribution < -0.4 is 0 Å². The number of para-hydroxylation sites is 1. The minimum Gasteiger partial charge on any atom is -0.330 e. The number of aryl methyl sites for hydroxylation is 1. The van der Waals surface area contributed by atoms with Crippen molar-refractivity contribution in [2.24, 2.45) is 0 Å². The zero-order chi connectivity index (χ0) is 13.6. The molecular weight excluding hydrogens is 276 g/mol. The molecule has 0 fully saturated rings. The molecule has 0 aliphatic heterocycles. The topological polar surface area (TPSA) is 20.7 Å². The number of fused-ring (bicyclic) bond motifs is 1. The molecule has 4 heteroatoms. The van der Waals surface area contributed by atoms with Gasteiger partial charge in [0.1, 0.15) is 0 Å². The number of halogens is 1. The molecule has 1 N–H and O–H groups in total. The molecule has 0 bridgehead atoms. The van der Waals surface area contributed by atoms with Gasteiger partial charge < -0.3 is 4.98 Å².